The monoisotopic (exact) mass is 258 g/mol. The number of nitrogens with zero attached hydrogens (tertiary/aromatic N) is 1. The molecule has 0 saturated carbocycles. The molecule has 3 heteroatoms. The second kappa shape index (κ2) is 4.65. The molecule has 2 aromatic rings. The van der Waals surface area contributed by atoms with E-state index in [-0.39, 0.29) is 5.41 Å². The summed E-state index contributed by atoms with van der Waals surface area (Å²) in [6, 6.07) is 10.4. The Morgan fingerprint density at radius 3 is 2.28 bits per heavy atom. The highest BCUT2D eigenvalue weighted by Crippen LogP contribution is 2.29. The Morgan fingerprint density at radius 2 is 1.72 bits per heavy atom. The van der Waals surface area contributed by atoms with Crippen LogP contribution >= 0.6 is 12.2 Å². The Balaban J connectivity index is 2.58. The number of nitrogens with one attached hydrogen (secondary N) is 1. The lowest BCUT2D eigenvalue weighted by molar-refractivity contribution is 0.584. The van der Waals surface area contributed by atoms with Gasteiger partial charge in [0, 0.05) is 16.7 Å². The van der Waals surface area contributed by atoms with Gasteiger partial charge in [-0.05, 0) is 33.3 Å². The van der Waals surface area contributed by atoms with Crippen molar-refractivity contribution in [1.29, 1.82) is 0 Å². The lowest BCUT2D eigenvalue weighted by atomic mass is 9.83. The predicted molar refractivity (Wildman–Crippen MR) is 77.5 cm³/mol. The van der Waals surface area contributed by atoms with Crippen molar-refractivity contribution in [2.24, 2.45) is 0 Å². The summed E-state index contributed by atoms with van der Waals surface area (Å²) in [4.78, 5) is 7.92. The van der Waals surface area contributed by atoms with Crippen molar-refractivity contribution >= 4 is 12.2 Å². The molecule has 0 bridgehead atoms. The molecular weight excluding hydrogens is 240 g/mol. The first kappa shape index (κ1) is 13.0. The van der Waals surface area contributed by atoms with Crippen LogP contribution < -0.4 is 0 Å². The van der Waals surface area contributed by atoms with Crippen molar-refractivity contribution in [2.75, 3.05) is 0 Å². The van der Waals surface area contributed by atoms with Gasteiger partial charge in [0.15, 0.2) is 0 Å². The summed E-state index contributed by atoms with van der Waals surface area (Å²) in [7, 11) is 0. The zero-order valence-corrected chi connectivity index (χ0v) is 12.1. The van der Waals surface area contributed by atoms with E-state index in [9.17, 15) is 0 Å². The maximum absolute atomic E-state index is 5.32. The van der Waals surface area contributed by atoms with E-state index in [1.165, 1.54) is 5.56 Å². The van der Waals surface area contributed by atoms with E-state index < -0.39 is 0 Å². The largest absolute Gasteiger partial charge is 0.346 e. The van der Waals surface area contributed by atoms with Crippen molar-refractivity contribution in [3.8, 4) is 0 Å². The third-order valence-electron chi connectivity index (χ3n) is 3.49. The van der Waals surface area contributed by atoms with Gasteiger partial charge in [-0.25, -0.2) is 4.98 Å². The minimum atomic E-state index is -0.173. The zero-order valence-electron chi connectivity index (χ0n) is 11.2. The molecule has 0 atom stereocenters. The Kier molecular flexibility index (Phi) is 3.35. The molecule has 1 aromatic carbocycles. The van der Waals surface area contributed by atoms with Gasteiger partial charge in [0.05, 0.1) is 0 Å². The van der Waals surface area contributed by atoms with Gasteiger partial charge in [-0.3, -0.25) is 0 Å². The maximum atomic E-state index is 5.32. The van der Waals surface area contributed by atoms with Crippen molar-refractivity contribution in [1.82, 2.24) is 9.97 Å². The van der Waals surface area contributed by atoms with Gasteiger partial charge in [0.2, 0.25) is 0 Å². The van der Waals surface area contributed by atoms with E-state index in [1.807, 2.05) is 32.0 Å². The molecule has 0 radical (unpaired) electrons. The molecule has 2 nitrogen and oxygen atoms in total. The van der Waals surface area contributed by atoms with E-state index in [1.54, 1.807) is 0 Å². The lowest BCUT2D eigenvalue weighted by Crippen LogP contribution is -2.23. The first-order valence-corrected chi connectivity index (χ1v) is 6.47. The molecule has 94 valence electrons. The van der Waals surface area contributed by atoms with Crippen LogP contribution in [0.1, 0.15) is 36.5 Å². The fourth-order valence-corrected chi connectivity index (χ4v) is 2.18. The summed E-state index contributed by atoms with van der Waals surface area (Å²) in [5, 5.41) is 0. The van der Waals surface area contributed by atoms with Crippen molar-refractivity contribution in [3.63, 3.8) is 0 Å². The van der Waals surface area contributed by atoms with Crippen molar-refractivity contribution in [3.05, 3.63) is 57.6 Å². The van der Waals surface area contributed by atoms with Crippen LogP contribution in [0.5, 0.6) is 0 Å². The summed E-state index contributed by atoms with van der Waals surface area (Å²) in [5.74, 6) is 0.918. The van der Waals surface area contributed by atoms with E-state index in [2.05, 4.69) is 35.9 Å². The highest BCUT2D eigenvalue weighted by Gasteiger charge is 2.25. The Morgan fingerprint density at radius 1 is 1.11 bits per heavy atom. The number of aromatic amines is 1. The summed E-state index contributed by atoms with van der Waals surface area (Å²) in [5.41, 5.74) is 3.20. The molecule has 0 fully saturated rings. The second-order valence-corrected chi connectivity index (χ2v) is 5.52. The quantitative estimate of drug-likeness (QED) is 0.822. The first-order chi connectivity index (χ1) is 8.43. The average Bonchev–Trinajstić information content (AvgIpc) is 2.36. The Labute approximate surface area is 113 Å². The smallest absolute Gasteiger partial charge is 0.132 e. The van der Waals surface area contributed by atoms with Crippen LogP contribution in [0.4, 0.5) is 0 Å². The van der Waals surface area contributed by atoms with Crippen LogP contribution in [0.2, 0.25) is 0 Å². The molecule has 1 N–H and O–H groups in total. The van der Waals surface area contributed by atoms with E-state index in [0.717, 1.165) is 17.1 Å². The highest BCUT2D eigenvalue weighted by atomic mass is 32.1. The Hall–Kier alpha value is -1.48. The minimum Gasteiger partial charge on any atom is -0.346 e. The topological polar surface area (TPSA) is 28.7 Å². The predicted octanol–water partition coefficient (Wildman–Crippen LogP) is 4.08. The van der Waals surface area contributed by atoms with Gasteiger partial charge in [-0.1, -0.05) is 42.5 Å². The van der Waals surface area contributed by atoms with Gasteiger partial charge in [-0.15, -0.1) is 0 Å². The van der Waals surface area contributed by atoms with Crippen LogP contribution in [-0.4, -0.2) is 9.97 Å². The summed E-state index contributed by atoms with van der Waals surface area (Å²) >= 11 is 5.32. The molecule has 0 aliphatic heterocycles. The second-order valence-electron chi connectivity index (χ2n) is 5.13. The van der Waals surface area contributed by atoms with Gasteiger partial charge in [0.1, 0.15) is 10.5 Å². The van der Waals surface area contributed by atoms with Crippen LogP contribution in [-0.2, 0) is 5.41 Å². The Bertz CT molecular complexity index is 612. The van der Waals surface area contributed by atoms with E-state index >= 15 is 0 Å². The van der Waals surface area contributed by atoms with Gasteiger partial charge in [-0.2, -0.15) is 0 Å². The van der Waals surface area contributed by atoms with Crippen LogP contribution in [0, 0.1) is 18.5 Å². The van der Waals surface area contributed by atoms with Gasteiger partial charge < -0.3 is 4.98 Å². The molecule has 1 heterocycles. The highest BCUT2D eigenvalue weighted by molar-refractivity contribution is 7.71. The fourth-order valence-electron chi connectivity index (χ4n) is 1.93. The molecule has 2 rings (SSSR count). The standard InChI is InChI=1S/C15H18N2S/c1-10-11(2)16-14(17-13(10)18)15(3,4)12-8-6-5-7-9-12/h5-9H,1-4H3,(H,16,17,18). The summed E-state index contributed by atoms with van der Waals surface area (Å²) < 4.78 is 0.685. The number of benzene rings is 1. The molecule has 0 saturated heterocycles. The van der Waals surface area contributed by atoms with E-state index in [4.69, 9.17) is 12.2 Å². The number of rotatable bonds is 2. The van der Waals surface area contributed by atoms with Crippen LogP contribution in [0.25, 0.3) is 0 Å². The minimum absolute atomic E-state index is 0.173. The molecule has 0 aliphatic carbocycles. The number of aryl methyl sites for hydroxylation is 1. The summed E-state index contributed by atoms with van der Waals surface area (Å²) in [6.45, 7) is 8.35. The first-order valence-electron chi connectivity index (χ1n) is 6.06. The fraction of sp³-hybridized carbons (Fsp3) is 0.333. The molecular formula is C15H18N2S. The third-order valence-corrected chi connectivity index (χ3v) is 3.89. The third kappa shape index (κ3) is 2.23. The molecule has 0 spiro atoms. The normalized spacial score (nSPS) is 11.6. The van der Waals surface area contributed by atoms with Crippen LogP contribution in [0.3, 0.4) is 0 Å². The SMILES string of the molecule is Cc1[nH]c(C(C)(C)c2ccccc2)nc(=S)c1C. The zero-order chi connectivity index (χ0) is 13.3. The summed E-state index contributed by atoms with van der Waals surface area (Å²) in [6.07, 6.45) is 0. The van der Waals surface area contributed by atoms with Gasteiger partial charge in [0.25, 0.3) is 0 Å². The van der Waals surface area contributed by atoms with E-state index in [0.29, 0.717) is 4.64 Å². The average molecular weight is 258 g/mol. The molecule has 18 heavy (non-hydrogen) atoms. The maximum Gasteiger partial charge on any atom is 0.132 e. The van der Waals surface area contributed by atoms with Crippen LogP contribution in [0.15, 0.2) is 30.3 Å². The van der Waals surface area contributed by atoms with Crippen molar-refractivity contribution in [2.45, 2.75) is 33.1 Å². The molecule has 0 unspecified atom stereocenters. The number of aromatic nitrogens is 2. The number of hydrogen-bond acceptors (Lipinski definition) is 2. The van der Waals surface area contributed by atoms with Gasteiger partial charge >= 0.3 is 0 Å². The molecule has 0 amide bonds. The lowest BCUT2D eigenvalue weighted by Gasteiger charge is -2.25. The number of H-pyrrole nitrogens is 1. The number of hydrogen-bond donors (Lipinski definition) is 1. The molecule has 1 aromatic heterocycles. The molecule has 0 aliphatic rings. The van der Waals surface area contributed by atoms with Crippen molar-refractivity contribution < 1.29 is 0 Å².